The van der Waals surface area contributed by atoms with Crippen molar-refractivity contribution in [3.05, 3.63) is 72.8 Å². The summed E-state index contributed by atoms with van der Waals surface area (Å²) in [6.07, 6.45) is 11.3. The number of ketones is 2. The van der Waals surface area contributed by atoms with E-state index in [4.69, 9.17) is 37.9 Å². The minimum atomic E-state index is -4.02. The maximum Gasteiger partial charge on any atom is 0.307 e. The molecule has 4 aromatic rings. The van der Waals surface area contributed by atoms with Crippen LogP contribution in [0, 0.1) is 58.2 Å². The smallest absolute Gasteiger partial charge is 0.307 e. The monoisotopic (exact) mass is 1720 g/mol. The molecule has 2 saturated heterocycles. The lowest BCUT2D eigenvalue weighted by molar-refractivity contribution is -0.197. The van der Waals surface area contributed by atoms with E-state index in [1.165, 1.54) is 24.0 Å². The molecule has 6 fully saturated rings. The molecule has 2 aromatic carbocycles. The number of hydrogen-bond donors (Lipinski definition) is 2. The first-order valence-electron chi connectivity index (χ1n) is 41.8. The van der Waals surface area contributed by atoms with Gasteiger partial charge in [-0.15, -0.1) is 0 Å². The van der Waals surface area contributed by atoms with Crippen LogP contribution in [0.5, 0.6) is 35.0 Å². The number of amides is 4. The van der Waals surface area contributed by atoms with E-state index in [-0.39, 0.29) is 98.8 Å². The number of halogens is 4. The summed E-state index contributed by atoms with van der Waals surface area (Å²) in [6.45, 7) is 16.7. The summed E-state index contributed by atoms with van der Waals surface area (Å²) in [5.41, 5.74) is -7.03. The van der Waals surface area contributed by atoms with Crippen LogP contribution in [0.1, 0.15) is 212 Å². The van der Waals surface area contributed by atoms with Gasteiger partial charge in [-0.25, -0.2) is 34.4 Å². The first kappa shape index (κ1) is 92.0. The maximum absolute atomic E-state index is 15.1. The van der Waals surface area contributed by atoms with Gasteiger partial charge in [-0.3, -0.25) is 47.8 Å². The lowest BCUT2D eigenvalue weighted by Gasteiger charge is -2.35. The number of esters is 2. The molecule has 660 valence electrons. The molecule has 0 spiro atoms. The molecule has 14 atom stereocenters. The molecule has 120 heavy (non-hydrogen) atoms. The Bertz CT molecular complexity index is 4560. The lowest BCUT2D eigenvalue weighted by atomic mass is 9.79. The van der Waals surface area contributed by atoms with Crippen molar-refractivity contribution < 1.29 is 111 Å². The number of carbonyl (C=O) groups excluding carboxylic acids is 8. The Labute approximate surface area is 700 Å². The van der Waals surface area contributed by atoms with Crippen LogP contribution in [0.2, 0.25) is 0 Å². The minimum Gasteiger partial charge on any atom is -0.497 e. The molecule has 0 unspecified atom stereocenters. The zero-order chi connectivity index (χ0) is 88.0. The number of ether oxygens (including phenoxy) is 8. The number of pyridine rings is 2. The fraction of sp³-hybridized carbons (Fsp3) is 0.659. The number of hydrogen-bond acceptors (Lipinski definition) is 22. The van der Waals surface area contributed by atoms with Gasteiger partial charge in [0.1, 0.15) is 23.7 Å². The van der Waals surface area contributed by atoms with Gasteiger partial charge in [0.25, 0.3) is 11.8 Å². The van der Waals surface area contributed by atoms with E-state index in [9.17, 15) is 63.2 Å². The second-order valence-electron chi connectivity index (χ2n) is 36.5. The van der Waals surface area contributed by atoms with Crippen LogP contribution in [0.15, 0.2) is 72.8 Å². The van der Waals surface area contributed by atoms with Crippen LogP contribution < -0.4 is 37.9 Å². The highest BCUT2D eigenvalue weighted by Crippen LogP contribution is 2.60. The number of benzene rings is 2. The first-order valence-corrected chi connectivity index (χ1v) is 44.8. The van der Waals surface area contributed by atoms with Crippen LogP contribution in [0.3, 0.4) is 0 Å². The number of nitrogens with zero attached hydrogens (tertiary/aromatic N) is 4. The van der Waals surface area contributed by atoms with Crippen molar-refractivity contribution in [1.82, 2.24) is 29.2 Å². The largest absolute Gasteiger partial charge is 0.497 e. The number of Topliss-reactive ketones (excluding diaryl/α,β-unsaturated/α-hetero) is 2. The van der Waals surface area contributed by atoms with Crippen molar-refractivity contribution >= 4 is 88.7 Å². The molecule has 0 radical (unpaired) electrons. The molecule has 2 N–H and O–H groups in total. The summed E-state index contributed by atoms with van der Waals surface area (Å²) in [7, 11) is -2.03. The Morgan fingerprint density at radius 3 is 1.21 bits per heavy atom. The number of fused-ring (bicyclic) bond motifs is 6. The van der Waals surface area contributed by atoms with Crippen molar-refractivity contribution in [1.29, 1.82) is 0 Å². The van der Waals surface area contributed by atoms with Gasteiger partial charge >= 0.3 is 11.9 Å². The first-order chi connectivity index (χ1) is 56.1. The van der Waals surface area contributed by atoms with E-state index in [1.54, 1.807) is 76.6 Å². The summed E-state index contributed by atoms with van der Waals surface area (Å²) < 4.78 is 159. The van der Waals surface area contributed by atoms with Gasteiger partial charge < -0.3 is 47.7 Å². The van der Waals surface area contributed by atoms with Gasteiger partial charge in [-0.1, -0.05) is 64.8 Å². The summed E-state index contributed by atoms with van der Waals surface area (Å²) in [4.78, 5) is 127. The molecule has 6 heterocycles. The minimum absolute atomic E-state index is 0.00483. The normalized spacial score (nSPS) is 29.0. The van der Waals surface area contributed by atoms with Gasteiger partial charge in [-0.2, -0.15) is 9.97 Å². The van der Waals surface area contributed by atoms with Crippen LogP contribution in [-0.4, -0.2) is 182 Å². The molecule has 4 saturated carbocycles. The van der Waals surface area contributed by atoms with Crippen molar-refractivity contribution in [2.75, 3.05) is 41.5 Å². The predicted octanol–water partition coefficient (Wildman–Crippen LogP) is 13.9. The average molecular weight is 1720 g/mol. The average Bonchev–Trinajstić information content (AvgIpc) is 1.57. The molecule has 26 nitrogen and oxygen atoms in total. The highest BCUT2D eigenvalue weighted by Gasteiger charge is 2.65. The molecule has 2 aromatic heterocycles. The quantitative estimate of drug-likeness (QED) is 0.0374. The molecular formula is C88H118F4N6O20S2. The second kappa shape index (κ2) is 35.3. The Hall–Kier alpha value is -8.68. The van der Waals surface area contributed by atoms with Gasteiger partial charge in [0, 0.05) is 62.4 Å². The van der Waals surface area contributed by atoms with E-state index in [2.05, 4.69) is 19.4 Å². The van der Waals surface area contributed by atoms with Gasteiger partial charge in [-0.05, 0) is 201 Å². The molecule has 32 heteroatoms. The number of nitrogens with one attached hydrogen (secondary N) is 2. The standard InChI is InChI=1S/2C44H59F2N3O10S/c2*1-9-27-18-26(2)12-10-11-13-29-23-44(29,40(53)48-60(54,55)42(5)16-17-42)24-35(50)34-21-31(58-38-32-15-14-30(56-7)19-28(32)20-36(47-38)57-8)25-49(34)39(52)33(27)22-37(51)59-41(3,4)43(6,45)46/h2*11,13-15,19-20,26-27,29,31,33-34H,9-10,12,16-18,21-25H2,1-8H3,(H,48,53)/b2*13-11-/t26-,27+,29+,31+,33-,34-,44+;26-,27-,29-,31-,33+,34+,44-/m01/s1. The van der Waals surface area contributed by atoms with Crippen LogP contribution in [-0.2, 0) is 67.9 Å². The topological polar surface area (TPSA) is 335 Å². The summed E-state index contributed by atoms with van der Waals surface area (Å²) in [5.74, 6) is -13.6. The number of alkyl halides is 4. The van der Waals surface area contributed by atoms with E-state index < -0.39 is 171 Å². The molecular weight excluding hydrogens is 1600 g/mol. The third-order valence-corrected chi connectivity index (χ3v) is 31.1. The Kier molecular flexibility index (Phi) is 27.1. The molecule has 0 bridgehead atoms. The molecule has 8 aliphatic rings. The number of rotatable bonds is 24. The third kappa shape index (κ3) is 20.0. The number of methoxy groups -OCH3 is 4. The molecule has 12 rings (SSSR count). The van der Waals surface area contributed by atoms with E-state index in [0.29, 0.717) is 124 Å². The lowest BCUT2D eigenvalue weighted by Crippen LogP contribution is -2.49. The SMILES string of the molecule is CC[C@@H]1C[C@@H](C)CC/C=C\[C@@H]2C[C@@]2(C(=O)NS(=O)(=O)C2(C)CC2)CC(=O)[C@@H]2C[C@@H](Oc3nc(OC)cc4cc(OC)ccc34)CN2C(=O)[C@H]1CC(=O)OC(C)(C)C(C)(F)F.CC[C@@H]1C[C@H](C)CC/C=C\[C@@H]2C[C@@]2(C(=O)NS(=O)(=O)C2(C)CC2)CC(=O)[C@@H]2C[C@@H](Oc3nc(OC)cc4cc(OC)ccc34)CN2C(=O)[C@H]1CC(=O)OC(C)(C)C(C)(F)F. The van der Waals surface area contributed by atoms with E-state index in [0.717, 1.165) is 27.7 Å². The van der Waals surface area contributed by atoms with Crippen LogP contribution in [0.25, 0.3) is 21.5 Å². The van der Waals surface area contributed by atoms with E-state index in [1.807, 2.05) is 52.0 Å². The maximum atomic E-state index is 15.1. The van der Waals surface area contributed by atoms with Gasteiger partial charge in [0.2, 0.25) is 67.2 Å². The number of aromatic nitrogens is 2. The van der Waals surface area contributed by atoms with Crippen molar-refractivity contribution in [2.24, 2.45) is 58.2 Å². The fourth-order valence-electron chi connectivity index (χ4n) is 17.2. The Balaban J connectivity index is 0.000000235. The molecule has 4 amide bonds. The van der Waals surface area contributed by atoms with Crippen LogP contribution in [0.4, 0.5) is 17.6 Å². The number of sulfonamides is 2. The van der Waals surface area contributed by atoms with Crippen LogP contribution >= 0.6 is 0 Å². The highest BCUT2D eigenvalue weighted by atomic mass is 32.2. The highest BCUT2D eigenvalue weighted by molar-refractivity contribution is 7.92. The van der Waals surface area contributed by atoms with E-state index >= 15 is 9.59 Å². The Morgan fingerprint density at radius 1 is 0.533 bits per heavy atom. The van der Waals surface area contributed by atoms with Gasteiger partial charge in [0.05, 0.1) is 98.6 Å². The fourth-order valence-corrected chi connectivity index (χ4v) is 19.9. The zero-order valence-corrected chi connectivity index (χ0v) is 73.3. The van der Waals surface area contributed by atoms with Crippen molar-refractivity contribution in [3.8, 4) is 35.0 Å². The predicted molar refractivity (Wildman–Crippen MR) is 438 cm³/mol. The Morgan fingerprint density at radius 2 is 0.892 bits per heavy atom. The number of carbonyl (C=O) groups is 8. The molecule has 4 aliphatic carbocycles. The van der Waals surface area contributed by atoms with Gasteiger partial charge in [0.15, 0.2) is 22.8 Å². The summed E-state index contributed by atoms with van der Waals surface area (Å²) in [6, 6.07) is 11.8. The second-order valence-corrected chi connectivity index (χ2v) is 40.9. The number of allylic oxidation sites excluding steroid dienone is 4. The summed E-state index contributed by atoms with van der Waals surface area (Å²) in [5, 5.41) is 2.63. The summed E-state index contributed by atoms with van der Waals surface area (Å²) >= 11 is 0. The third-order valence-electron chi connectivity index (χ3n) is 26.8. The molecule has 4 aliphatic heterocycles. The zero-order valence-electron chi connectivity index (χ0n) is 71.7. The van der Waals surface area contributed by atoms with Crippen molar-refractivity contribution in [3.63, 3.8) is 0 Å². The van der Waals surface area contributed by atoms with Crippen molar-refractivity contribution in [2.45, 2.75) is 268 Å².